The molecule has 3 rings (SSSR count). The molecule has 0 radical (unpaired) electrons. The van der Waals surface area contributed by atoms with E-state index in [1.54, 1.807) is 0 Å². The maximum atomic E-state index is 12.0. The largest absolute Gasteiger partial charge is 0.480 e. The Kier molecular flexibility index (Phi) is 5.28. The number of carbonyl (C=O) groups is 2. The van der Waals surface area contributed by atoms with E-state index in [-0.39, 0.29) is 31.5 Å². The molecule has 1 aliphatic carbocycles. The molecule has 0 aromatic heterocycles. The van der Waals surface area contributed by atoms with Crippen LogP contribution in [0.4, 0.5) is 4.79 Å². The first-order chi connectivity index (χ1) is 12.0. The predicted molar refractivity (Wildman–Crippen MR) is 89.6 cm³/mol. The number of rotatable bonds is 7. The van der Waals surface area contributed by atoms with Gasteiger partial charge >= 0.3 is 12.0 Å². The van der Waals surface area contributed by atoms with Gasteiger partial charge < -0.3 is 25.2 Å². The molecule has 1 aliphatic heterocycles. The number of urea groups is 1. The summed E-state index contributed by atoms with van der Waals surface area (Å²) >= 11 is 0. The van der Waals surface area contributed by atoms with Crippen LogP contribution in [0.5, 0.6) is 11.5 Å². The highest BCUT2D eigenvalue weighted by molar-refractivity contribution is 5.74. The third-order valence-corrected chi connectivity index (χ3v) is 4.60. The minimum Gasteiger partial charge on any atom is -0.480 e. The van der Waals surface area contributed by atoms with E-state index in [9.17, 15) is 9.59 Å². The van der Waals surface area contributed by atoms with Gasteiger partial charge in [-0.05, 0) is 37.1 Å². The summed E-state index contributed by atoms with van der Waals surface area (Å²) in [5.74, 6) is 0.593. The van der Waals surface area contributed by atoms with Crippen LogP contribution in [-0.2, 0) is 11.3 Å². The first-order valence-electron chi connectivity index (χ1n) is 8.44. The fourth-order valence-electron chi connectivity index (χ4n) is 3.15. The van der Waals surface area contributed by atoms with Crippen LogP contribution in [0.1, 0.15) is 25.3 Å². The standard InChI is InChI=1S/C17H23N3O5/c1-2-20(9-16(21)22)13-6-12(7-13)19-17(23)18-8-11-3-4-14-15(5-11)25-10-24-14/h3-5,12-13H,2,6-10H2,1H3,(H,21,22)(H2,18,19,23). The number of hydrogen-bond acceptors (Lipinski definition) is 5. The van der Waals surface area contributed by atoms with Crippen LogP contribution in [0, 0.1) is 0 Å². The Morgan fingerprint density at radius 3 is 2.76 bits per heavy atom. The van der Waals surface area contributed by atoms with Gasteiger partial charge in [0.15, 0.2) is 11.5 Å². The highest BCUT2D eigenvalue weighted by Crippen LogP contribution is 2.32. The molecule has 0 spiro atoms. The molecule has 8 heteroatoms. The number of benzene rings is 1. The van der Waals surface area contributed by atoms with Crippen LogP contribution in [0.25, 0.3) is 0 Å². The van der Waals surface area contributed by atoms with Crippen LogP contribution in [0.15, 0.2) is 18.2 Å². The van der Waals surface area contributed by atoms with Gasteiger partial charge in [0, 0.05) is 18.6 Å². The van der Waals surface area contributed by atoms with Gasteiger partial charge in [0.1, 0.15) is 0 Å². The molecular weight excluding hydrogens is 326 g/mol. The van der Waals surface area contributed by atoms with Crippen molar-refractivity contribution in [1.29, 1.82) is 0 Å². The van der Waals surface area contributed by atoms with E-state index in [0.29, 0.717) is 18.8 Å². The maximum absolute atomic E-state index is 12.0. The first-order valence-corrected chi connectivity index (χ1v) is 8.44. The molecule has 0 unspecified atom stereocenters. The molecule has 0 atom stereocenters. The lowest BCUT2D eigenvalue weighted by atomic mass is 9.85. The van der Waals surface area contributed by atoms with Gasteiger partial charge in [-0.1, -0.05) is 13.0 Å². The van der Waals surface area contributed by atoms with Crippen molar-refractivity contribution >= 4 is 12.0 Å². The van der Waals surface area contributed by atoms with E-state index in [2.05, 4.69) is 10.6 Å². The van der Waals surface area contributed by atoms with Crippen molar-refractivity contribution in [3.8, 4) is 11.5 Å². The predicted octanol–water partition coefficient (Wildman–Crippen LogP) is 1.15. The molecule has 2 amide bonds. The minimum atomic E-state index is -0.820. The SMILES string of the molecule is CCN(CC(=O)O)C1CC(NC(=O)NCc2ccc3c(c2)OCO3)C1. The molecule has 1 saturated carbocycles. The molecule has 136 valence electrons. The van der Waals surface area contributed by atoms with Crippen molar-refractivity contribution in [2.24, 2.45) is 0 Å². The average Bonchev–Trinajstić information content (AvgIpc) is 3.01. The third kappa shape index (κ3) is 4.33. The molecule has 1 fully saturated rings. The molecule has 1 aromatic rings. The summed E-state index contributed by atoms with van der Waals surface area (Å²) in [5, 5.41) is 14.6. The van der Waals surface area contributed by atoms with E-state index in [1.807, 2.05) is 30.0 Å². The van der Waals surface area contributed by atoms with E-state index < -0.39 is 5.97 Å². The monoisotopic (exact) mass is 349 g/mol. The second-order valence-electron chi connectivity index (χ2n) is 6.29. The zero-order valence-corrected chi connectivity index (χ0v) is 14.2. The quantitative estimate of drug-likeness (QED) is 0.683. The van der Waals surface area contributed by atoms with Gasteiger partial charge in [-0.3, -0.25) is 9.69 Å². The number of fused-ring (bicyclic) bond motifs is 1. The van der Waals surface area contributed by atoms with Gasteiger partial charge in [-0.15, -0.1) is 0 Å². The molecule has 0 bridgehead atoms. The molecule has 0 saturated heterocycles. The third-order valence-electron chi connectivity index (χ3n) is 4.60. The van der Waals surface area contributed by atoms with Crippen molar-refractivity contribution in [3.05, 3.63) is 23.8 Å². The van der Waals surface area contributed by atoms with Crippen LogP contribution in [0.2, 0.25) is 0 Å². The Bertz CT molecular complexity index is 645. The number of nitrogens with zero attached hydrogens (tertiary/aromatic N) is 1. The zero-order chi connectivity index (χ0) is 17.8. The topological polar surface area (TPSA) is 100 Å². The Morgan fingerprint density at radius 2 is 2.04 bits per heavy atom. The molecule has 8 nitrogen and oxygen atoms in total. The second-order valence-corrected chi connectivity index (χ2v) is 6.29. The van der Waals surface area contributed by atoms with Crippen LogP contribution < -0.4 is 20.1 Å². The Hall–Kier alpha value is -2.48. The highest BCUT2D eigenvalue weighted by atomic mass is 16.7. The number of likely N-dealkylation sites (N-methyl/N-ethyl adjacent to an activating group) is 1. The smallest absolute Gasteiger partial charge is 0.317 e. The molecule has 2 aliphatic rings. The van der Waals surface area contributed by atoms with Gasteiger partial charge in [0.05, 0.1) is 6.54 Å². The van der Waals surface area contributed by atoms with Gasteiger partial charge in [-0.2, -0.15) is 0 Å². The lowest BCUT2D eigenvalue weighted by Crippen LogP contribution is -2.56. The molecular formula is C17H23N3O5. The number of nitrogens with one attached hydrogen (secondary N) is 2. The summed E-state index contributed by atoms with van der Waals surface area (Å²) in [6.07, 6.45) is 1.55. The summed E-state index contributed by atoms with van der Waals surface area (Å²) in [5.41, 5.74) is 0.935. The minimum absolute atomic E-state index is 0.0458. The summed E-state index contributed by atoms with van der Waals surface area (Å²) in [7, 11) is 0. The van der Waals surface area contributed by atoms with Crippen LogP contribution >= 0.6 is 0 Å². The van der Waals surface area contributed by atoms with Gasteiger partial charge in [0.2, 0.25) is 6.79 Å². The number of hydrogen-bond donors (Lipinski definition) is 3. The van der Waals surface area contributed by atoms with Crippen molar-refractivity contribution in [2.75, 3.05) is 19.9 Å². The van der Waals surface area contributed by atoms with Gasteiger partial charge in [-0.25, -0.2) is 4.79 Å². The van der Waals surface area contributed by atoms with Crippen molar-refractivity contribution in [3.63, 3.8) is 0 Å². The van der Waals surface area contributed by atoms with E-state index >= 15 is 0 Å². The second kappa shape index (κ2) is 7.60. The summed E-state index contributed by atoms with van der Waals surface area (Å²) < 4.78 is 10.6. The molecule has 1 aromatic carbocycles. The number of ether oxygens (including phenoxy) is 2. The van der Waals surface area contributed by atoms with Crippen LogP contribution in [0.3, 0.4) is 0 Å². The number of aliphatic carboxylic acids is 1. The number of amides is 2. The maximum Gasteiger partial charge on any atom is 0.317 e. The molecule has 3 N–H and O–H groups in total. The number of carboxylic acids is 1. The Balaban J connectivity index is 1.38. The Labute approximate surface area is 146 Å². The Morgan fingerprint density at radius 1 is 1.28 bits per heavy atom. The normalized spacial score (nSPS) is 20.9. The fraction of sp³-hybridized carbons (Fsp3) is 0.529. The van der Waals surface area contributed by atoms with E-state index in [4.69, 9.17) is 14.6 Å². The summed E-state index contributed by atoms with van der Waals surface area (Å²) in [4.78, 5) is 24.7. The van der Waals surface area contributed by atoms with Crippen LogP contribution in [-0.4, -0.2) is 54.0 Å². The first kappa shape index (κ1) is 17.3. The lowest BCUT2D eigenvalue weighted by Gasteiger charge is -2.42. The summed E-state index contributed by atoms with van der Waals surface area (Å²) in [6, 6.07) is 5.66. The molecule has 1 heterocycles. The van der Waals surface area contributed by atoms with E-state index in [0.717, 1.165) is 24.2 Å². The summed E-state index contributed by atoms with van der Waals surface area (Å²) in [6.45, 7) is 3.32. The zero-order valence-electron chi connectivity index (χ0n) is 14.2. The fourth-order valence-corrected chi connectivity index (χ4v) is 3.15. The number of carboxylic acid groups (broad SMARTS) is 1. The lowest BCUT2D eigenvalue weighted by molar-refractivity contribution is -0.139. The highest BCUT2D eigenvalue weighted by Gasteiger charge is 2.34. The van der Waals surface area contributed by atoms with Crippen molar-refractivity contribution in [1.82, 2.24) is 15.5 Å². The number of carbonyl (C=O) groups excluding carboxylic acids is 1. The van der Waals surface area contributed by atoms with E-state index in [1.165, 1.54) is 0 Å². The van der Waals surface area contributed by atoms with Crippen molar-refractivity contribution in [2.45, 2.75) is 38.4 Å². The molecule has 25 heavy (non-hydrogen) atoms. The van der Waals surface area contributed by atoms with Gasteiger partial charge in [0.25, 0.3) is 0 Å². The van der Waals surface area contributed by atoms with Crippen molar-refractivity contribution < 1.29 is 24.2 Å². The average molecular weight is 349 g/mol.